The standard InChI is InChI=1S/C25H23N3O5/c1-3-17-14-23(29)28-24(26-17)16-7-6-8-18(13-16)27-25(30)22-12-11-19(33-22)15-32-21-10-5-4-9-20(21)31-2/h4-14H,3,15H2,1-2H3,(H,27,30)(H,26,28,29). The summed E-state index contributed by atoms with van der Waals surface area (Å²) in [5, 5.41) is 2.80. The van der Waals surface area contributed by atoms with Crippen molar-refractivity contribution < 1.29 is 18.7 Å². The molecule has 0 fully saturated rings. The molecular weight excluding hydrogens is 422 g/mol. The van der Waals surface area contributed by atoms with Gasteiger partial charge in [0.2, 0.25) is 0 Å². The number of methoxy groups -OCH3 is 1. The number of H-pyrrole nitrogens is 1. The Balaban J connectivity index is 1.44. The third kappa shape index (κ3) is 5.30. The molecule has 8 nitrogen and oxygen atoms in total. The van der Waals surface area contributed by atoms with E-state index >= 15 is 0 Å². The van der Waals surface area contributed by atoms with Gasteiger partial charge in [0, 0.05) is 23.0 Å². The zero-order valence-electron chi connectivity index (χ0n) is 18.3. The SMILES string of the molecule is CCc1cc(=O)[nH]c(-c2cccc(NC(=O)c3ccc(COc4ccccc4OC)o3)c2)n1. The van der Waals surface area contributed by atoms with Gasteiger partial charge in [0.05, 0.1) is 7.11 Å². The minimum atomic E-state index is -0.403. The Kier molecular flexibility index (Phi) is 6.54. The molecule has 8 heteroatoms. The van der Waals surface area contributed by atoms with Crippen molar-refractivity contribution in [3.8, 4) is 22.9 Å². The topological polar surface area (TPSA) is 106 Å². The number of aromatic amines is 1. The second kappa shape index (κ2) is 9.86. The number of hydrogen-bond acceptors (Lipinski definition) is 6. The van der Waals surface area contributed by atoms with E-state index in [1.807, 2.05) is 25.1 Å². The van der Waals surface area contributed by atoms with Crippen LogP contribution in [0.5, 0.6) is 11.5 Å². The summed E-state index contributed by atoms with van der Waals surface area (Å²) in [5.41, 5.74) is 1.71. The van der Waals surface area contributed by atoms with Crippen LogP contribution >= 0.6 is 0 Å². The van der Waals surface area contributed by atoms with Crippen molar-refractivity contribution in [3.63, 3.8) is 0 Å². The first-order valence-electron chi connectivity index (χ1n) is 10.4. The van der Waals surface area contributed by atoms with E-state index in [0.29, 0.717) is 46.4 Å². The number of carbonyl (C=O) groups is 1. The van der Waals surface area contributed by atoms with Gasteiger partial charge in [-0.2, -0.15) is 0 Å². The lowest BCUT2D eigenvalue weighted by Gasteiger charge is -2.09. The summed E-state index contributed by atoms with van der Waals surface area (Å²) < 4.78 is 16.6. The lowest BCUT2D eigenvalue weighted by molar-refractivity contribution is 0.0992. The summed E-state index contributed by atoms with van der Waals surface area (Å²) in [6.45, 7) is 2.08. The largest absolute Gasteiger partial charge is 0.493 e. The van der Waals surface area contributed by atoms with Crippen LogP contribution in [0.3, 0.4) is 0 Å². The molecule has 4 aromatic rings. The number of aryl methyl sites for hydroxylation is 1. The van der Waals surface area contributed by atoms with Gasteiger partial charge in [-0.05, 0) is 42.8 Å². The van der Waals surface area contributed by atoms with Crippen LogP contribution in [0.2, 0.25) is 0 Å². The number of para-hydroxylation sites is 2. The van der Waals surface area contributed by atoms with Crippen molar-refractivity contribution in [2.24, 2.45) is 0 Å². The fourth-order valence-electron chi connectivity index (χ4n) is 3.23. The highest BCUT2D eigenvalue weighted by molar-refractivity contribution is 6.02. The first kappa shape index (κ1) is 21.9. The summed E-state index contributed by atoms with van der Waals surface area (Å²) in [5.74, 6) is 1.89. The number of nitrogens with zero attached hydrogens (tertiary/aromatic N) is 1. The summed E-state index contributed by atoms with van der Waals surface area (Å²) in [6, 6.07) is 19.1. The molecule has 33 heavy (non-hydrogen) atoms. The van der Waals surface area contributed by atoms with Crippen LogP contribution in [-0.2, 0) is 13.0 Å². The first-order chi connectivity index (χ1) is 16.1. The number of aromatic nitrogens is 2. The number of furan rings is 1. The van der Waals surface area contributed by atoms with Crippen molar-refractivity contribution in [1.82, 2.24) is 9.97 Å². The number of anilines is 1. The number of nitrogens with one attached hydrogen (secondary N) is 2. The summed E-state index contributed by atoms with van der Waals surface area (Å²) in [4.78, 5) is 31.7. The third-order valence-electron chi connectivity index (χ3n) is 4.88. The van der Waals surface area contributed by atoms with Crippen molar-refractivity contribution in [2.75, 3.05) is 12.4 Å². The first-order valence-corrected chi connectivity index (χ1v) is 10.4. The molecule has 0 aliphatic rings. The Morgan fingerprint density at radius 2 is 1.88 bits per heavy atom. The predicted octanol–water partition coefficient (Wildman–Crippen LogP) is 4.43. The van der Waals surface area contributed by atoms with Gasteiger partial charge in [-0.25, -0.2) is 4.98 Å². The Hall–Kier alpha value is -4.33. The van der Waals surface area contributed by atoms with Gasteiger partial charge in [-0.15, -0.1) is 0 Å². The third-order valence-corrected chi connectivity index (χ3v) is 4.88. The molecule has 168 valence electrons. The van der Waals surface area contributed by atoms with E-state index in [1.165, 1.54) is 6.07 Å². The van der Waals surface area contributed by atoms with Gasteiger partial charge < -0.3 is 24.2 Å². The summed E-state index contributed by atoms with van der Waals surface area (Å²) >= 11 is 0. The summed E-state index contributed by atoms with van der Waals surface area (Å²) in [6.07, 6.45) is 0.648. The highest BCUT2D eigenvalue weighted by atomic mass is 16.5. The van der Waals surface area contributed by atoms with Crippen LogP contribution in [0, 0.1) is 0 Å². The monoisotopic (exact) mass is 445 g/mol. The van der Waals surface area contributed by atoms with Gasteiger partial charge in [-0.1, -0.05) is 31.2 Å². The van der Waals surface area contributed by atoms with Crippen LogP contribution < -0.4 is 20.3 Å². The number of carbonyl (C=O) groups excluding carboxylic acids is 1. The van der Waals surface area contributed by atoms with Gasteiger partial charge in [0.1, 0.15) is 18.2 Å². The van der Waals surface area contributed by atoms with Crippen LogP contribution in [0.15, 0.2) is 75.9 Å². The Labute approximate surface area is 190 Å². The maximum atomic E-state index is 12.7. The van der Waals surface area contributed by atoms with E-state index in [-0.39, 0.29) is 17.9 Å². The fraction of sp³-hybridized carbons (Fsp3) is 0.160. The van der Waals surface area contributed by atoms with E-state index in [1.54, 1.807) is 49.6 Å². The molecule has 0 radical (unpaired) electrons. The molecule has 4 rings (SSSR count). The lowest BCUT2D eigenvalue weighted by atomic mass is 10.1. The number of ether oxygens (including phenoxy) is 2. The highest BCUT2D eigenvalue weighted by Gasteiger charge is 2.13. The summed E-state index contributed by atoms with van der Waals surface area (Å²) in [7, 11) is 1.57. The van der Waals surface area contributed by atoms with Crippen molar-refractivity contribution in [1.29, 1.82) is 0 Å². The maximum absolute atomic E-state index is 12.7. The van der Waals surface area contributed by atoms with E-state index in [4.69, 9.17) is 13.9 Å². The van der Waals surface area contributed by atoms with Crippen LogP contribution in [-0.4, -0.2) is 23.0 Å². The molecule has 0 unspecified atom stereocenters. The average molecular weight is 445 g/mol. The molecule has 0 spiro atoms. The zero-order chi connectivity index (χ0) is 23.2. The Morgan fingerprint density at radius 3 is 2.67 bits per heavy atom. The predicted molar refractivity (Wildman–Crippen MR) is 124 cm³/mol. The molecule has 0 bridgehead atoms. The molecule has 0 atom stereocenters. The highest BCUT2D eigenvalue weighted by Crippen LogP contribution is 2.27. The average Bonchev–Trinajstić information content (AvgIpc) is 3.32. The molecule has 2 heterocycles. The van der Waals surface area contributed by atoms with Crippen molar-refractivity contribution >= 4 is 11.6 Å². The molecule has 0 aliphatic heterocycles. The maximum Gasteiger partial charge on any atom is 0.291 e. The Morgan fingerprint density at radius 1 is 1.06 bits per heavy atom. The quantitative estimate of drug-likeness (QED) is 0.416. The van der Waals surface area contributed by atoms with Gasteiger partial charge in [0.25, 0.3) is 11.5 Å². The number of rotatable bonds is 8. The normalized spacial score (nSPS) is 10.6. The molecule has 2 aromatic carbocycles. The zero-order valence-corrected chi connectivity index (χ0v) is 18.3. The lowest BCUT2D eigenvalue weighted by Crippen LogP contribution is -2.12. The minimum absolute atomic E-state index is 0.149. The molecule has 2 N–H and O–H groups in total. The van der Waals surface area contributed by atoms with Crippen molar-refractivity contribution in [3.05, 3.63) is 94.3 Å². The van der Waals surface area contributed by atoms with Crippen LogP contribution in [0.4, 0.5) is 5.69 Å². The molecule has 1 amide bonds. The van der Waals surface area contributed by atoms with E-state index in [2.05, 4.69) is 15.3 Å². The number of hydrogen-bond donors (Lipinski definition) is 2. The van der Waals surface area contributed by atoms with Gasteiger partial charge in [0.15, 0.2) is 17.3 Å². The Bertz CT molecular complexity index is 1330. The van der Waals surface area contributed by atoms with Crippen LogP contribution in [0.1, 0.15) is 28.9 Å². The van der Waals surface area contributed by atoms with Crippen molar-refractivity contribution in [2.45, 2.75) is 20.0 Å². The van der Waals surface area contributed by atoms with Crippen LogP contribution in [0.25, 0.3) is 11.4 Å². The molecular formula is C25H23N3O5. The second-order valence-electron chi connectivity index (χ2n) is 7.18. The van der Waals surface area contributed by atoms with E-state index in [9.17, 15) is 9.59 Å². The fourth-order valence-corrected chi connectivity index (χ4v) is 3.23. The van der Waals surface area contributed by atoms with Gasteiger partial charge >= 0.3 is 0 Å². The molecule has 0 saturated carbocycles. The molecule has 2 aromatic heterocycles. The number of benzene rings is 2. The van der Waals surface area contributed by atoms with E-state index < -0.39 is 5.91 Å². The molecule has 0 aliphatic carbocycles. The molecule has 0 saturated heterocycles. The smallest absolute Gasteiger partial charge is 0.291 e. The van der Waals surface area contributed by atoms with Gasteiger partial charge in [-0.3, -0.25) is 9.59 Å². The van der Waals surface area contributed by atoms with E-state index in [0.717, 1.165) is 0 Å². The minimum Gasteiger partial charge on any atom is -0.493 e. The number of amides is 1. The second-order valence-corrected chi connectivity index (χ2v) is 7.18.